The quantitative estimate of drug-likeness (QED) is 0.503. The summed E-state index contributed by atoms with van der Waals surface area (Å²) in [6.07, 6.45) is 8.18. The lowest BCUT2D eigenvalue weighted by Gasteiger charge is -2.32. The number of halogens is 1. The van der Waals surface area contributed by atoms with Gasteiger partial charge in [-0.25, -0.2) is 14.4 Å². The molecule has 0 N–H and O–H groups in total. The van der Waals surface area contributed by atoms with E-state index in [4.69, 9.17) is 9.47 Å². The SMILES string of the molecule is COCc1cnc(N2CCC(C3C[C@H]3CCOc3ccc(CC(=O)OC)c(F)c3)CC2)nc1. The first-order chi connectivity index (χ1) is 16.1. The Morgan fingerprint density at radius 1 is 1.18 bits per heavy atom. The van der Waals surface area contributed by atoms with Gasteiger partial charge in [0.25, 0.3) is 0 Å². The van der Waals surface area contributed by atoms with Gasteiger partial charge in [-0.2, -0.15) is 0 Å². The van der Waals surface area contributed by atoms with E-state index in [0.717, 1.165) is 55.7 Å². The van der Waals surface area contributed by atoms with Gasteiger partial charge in [-0.1, -0.05) is 6.07 Å². The number of aromatic nitrogens is 2. The fraction of sp³-hybridized carbons (Fsp3) is 0.560. The Hall–Kier alpha value is -2.74. The van der Waals surface area contributed by atoms with E-state index in [1.54, 1.807) is 19.2 Å². The Morgan fingerprint density at radius 2 is 1.94 bits per heavy atom. The van der Waals surface area contributed by atoms with Crippen molar-refractivity contribution in [1.29, 1.82) is 0 Å². The van der Waals surface area contributed by atoms with E-state index in [0.29, 0.717) is 30.4 Å². The van der Waals surface area contributed by atoms with E-state index < -0.39 is 11.8 Å². The van der Waals surface area contributed by atoms with Crippen LogP contribution in [0.3, 0.4) is 0 Å². The molecule has 8 heteroatoms. The number of anilines is 1. The van der Waals surface area contributed by atoms with Gasteiger partial charge in [0, 0.05) is 44.2 Å². The van der Waals surface area contributed by atoms with Gasteiger partial charge in [-0.05, 0) is 55.1 Å². The lowest BCUT2D eigenvalue weighted by molar-refractivity contribution is -0.139. The molecule has 0 bridgehead atoms. The van der Waals surface area contributed by atoms with Crippen molar-refractivity contribution in [3.63, 3.8) is 0 Å². The number of esters is 1. The normalized spacial score (nSPS) is 20.5. The smallest absolute Gasteiger partial charge is 0.310 e. The van der Waals surface area contributed by atoms with Gasteiger partial charge < -0.3 is 19.1 Å². The predicted octanol–water partition coefficient (Wildman–Crippen LogP) is 3.80. The van der Waals surface area contributed by atoms with Crippen molar-refractivity contribution >= 4 is 11.9 Å². The molecule has 1 aromatic carbocycles. The topological polar surface area (TPSA) is 73.8 Å². The predicted molar refractivity (Wildman–Crippen MR) is 122 cm³/mol. The number of carbonyl (C=O) groups excluding carboxylic acids is 1. The Balaban J connectivity index is 1.16. The Kier molecular flexibility index (Phi) is 7.75. The molecule has 1 aliphatic heterocycles. The number of nitrogens with zero attached hydrogens (tertiary/aromatic N) is 3. The first-order valence-corrected chi connectivity index (χ1v) is 11.6. The molecule has 178 valence electrons. The average molecular weight is 458 g/mol. The van der Waals surface area contributed by atoms with Gasteiger partial charge in [0.2, 0.25) is 5.95 Å². The molecular weight excluding hydrogens is 425 g/mol. The first-order valence-electron chi connectivity index (χ1n) is 11.6. The van der Waals surface area contributed by atoms with Crippen LogP contribution in [-0.4, -0.2) is 49.9 Å². The lowest BCUT2D eigenvalue weighted by atomic mass is 9.90. The molecule has 2 aromatic rings. The summed E-state index contributed by atoms with van der Waals surface area (Å²) in [5, 5.41) is 0. The van der Waals surface area contributed by atoms with Gasteiger partial charge >= 0.3 is 5.97 Å². The minimum Gasteiger partial charge on any atom is -0.493 e. The van der Waals surface area contributed by atoms with Gasteiger partial charge in [-0.3, -0.25) is 4.79 Å². The zero-order valence-electron chi connectivity index (χ0n) is 19.3. The maximum Gasteiger partial charge on any atom is 0.310 e. The van der Waals surface area contributed by atoms with Crippen molar-refractivity contribution in [1.82, 2.24) is 9.97 Å². The number of piperidine rings is 1. The zero-order chi connectivity index (χ0) is 23.2. The van der Waals surface area contributed by atoms with Crippen LogP contribution in [0.4, 0.5) is 10.3 Å². The Labute approximate surface area is 194 Å². The maximum atomic E-state index is 14.2. The molecule has 1 aromatic heterocycles. The molecule has 0 amide bonds. The molecule has 7 nitrogen and oxygen atoms in total. The van der Waals surface area contributed by atoms with Crippen LogP contribution in [0.25, 0.3) is 0 Å². The molecular formula is C25H32FN3O4. The molecule has 1 unspecified atom stereocenters. The van der Waals surface area contributed by atoms with Gasteiger partial charge in [0.05, 0.1) is 26.7 Å². The second-order valence-corrected chi connectivity index (χ2v) is 8.95. The van der Waals surface area contributed by atoms with Crippen LogP contribution in [0.15, 0.2) is 30.6 Å². The molecule has 0 radical (unpaired) electrons. The van der Waals surface area contributed by atoms with Crippen LogP contribution in [0.5, 0.6) is 5.75 Å². The van der Waals surface area contributed by atoms with Crippen molar-refractivity contribution in [2.24, 2.45) is 17.8 Å². The number of carbonyl (C=O) groups is 1. The summed E-state index contributed by atoms with van der Waals surface area (Å²) >= 11 is 0. The summed E-state index contributed by atoms with van der Waals surface area (Å²) in [5.41, 5.74) is 1.30. The minimum absolute atomic E-state index is 0.0730. The van der Waals surface area contributed by atoms with Gasteiger partial charge in [0.15, 0.2) is 0 Å². The van der Waals surface area contributed by atoms with E-state index in [9.17, 15) is 9.18 Å². The molecule has 2 heterocycles. The number of hydrogen-bond donors (Lipinski definition) is 0. The molecule has 2 fully saturated rings. The third kappa shape index (κ3) is 6.19. The summed E-state index contributed by atoms with van der Waals surface area (Å²) in [6.45, 7) is 3.10. The first kappa shape index (κ1) is 23.4. The number of benzene rings is 1. The van der Waals surface area contributed by atoms with Gasteiger partial charge in [0.1, 0.15) is 11.6 Å². The highest BCUT2D eigenvalue weighted by atomic mass is 19.1. The highest BCUT2D eigenvalue weighted by Crippen LogP contribution is 2.49. The number of methoxy groups -OCH3 is 2. The number of rotatable bonds is 10. The third-order valence-corrected chi connectivity index (χ3v) is 6.75. The number of ether oxygens (including phenoxy) is 3. The van der Waals surface area contributed by atoms with Crippen LogP contribution in [0.2, 0.25) is 0 Å². The third-order valence-electron chi connectivity index (χ3n) is 6.75. The van der Waals surface area contributed by atoms with Crippen molar-refractivity contribution in [2.45, 2.75) is 38.7 Å². The summed E-state index contributed by atoms with van der Waals surface area (Å²) in [7, 11) is 2.96. The van der Waals surface area contributed by atoms with Crippen LogP contribution >= 0.6 is 0 Å². The summed E-state index contributed by atoms with van der Waals surface area (Å²) < 4.78 is 29.6. The van der Waals surface area contributed by atoms with E-state index >= 15 is 0 Å². The molecule has 1 aliphatic carbocycles. The minimum atomic E-state index is -0.458. The Bertz CT molecular complexity index is 932. The summed E-state index contributed by atoms with van der Waals surface area (Å²) in [4.78, 5) is 22.6. The lowest BCUT2D eigenvalue weighted by Crippen LogP contribution is -2.35. The van der Waals surface area contributed by atoms with E-state index in [-0.39, 0.29) is 6.42 Å². The van der Waals surface area contributed by atoms with Crippen molar-refractivity contribution < 1.29 is 23.4 Å². The van der Waals surface area contributed by atoms with Gasteiger partial charge in [-0.15, -0.1) is 0 Å². The van der Waals surface area contributed by atoms with Crippen molar-refractivity contribution in [3.05, 3.63) is 47.5 Å². The molecule has 1 saturated heterocycles. The largest absolute Gasteiger partial charge is 0.493 e. The Morgan fingerprint density at radius 3 is 2.61 bits per heavy atom. The average Bonchev–Trinajstić information content (AvgIpc) is 3.61. The summed E-state index contributed by atoms with van der Waals surface area (Å²) in [6, 6.07) is 4.65. The second kappa shape index (κ2) is 10.9. The standard InChI is InChI=1S/C25H32FN3O4/c1-31-16-17-14-27-25(28-15-17)29-8-5-18(6-9-29)22-11-19(22)7-10-33-21-4-3-20(23(26)13-21)12-24(30)32-2/h3-4,13-15,18-19,22H,5-12,16H2,1-2H3/t19-,22?/m1/s1. The maximum absolute atomic E-state index is 14.2. The van der Waals surface area contributed by atoms with Crippen molar-refractivity contribution in [2.75, 3.05) is 38.8 Å². The fourth-order valence-corrected chi connectivity index (χ4v) is 4.78. The molecule has 4 rings (SSSR count). The molecule has 0 spiro atoms. The van der Waals surface area contributed by atoms with E-state index in [1.807, 2.05) is 12.4 Å². The molecule has 33 heavy (non-hydrogen) atoms. The van der Waals surface area contributed by atoms with E-state index in [1.165, 1.54) is 19.6 Å². The monoisotopic (exact) mass is 457 g/mol. The summed E-state index contributed by atoms with van der Waals surface area (Å²) in [5.74, 6) is 2.61. The molecule has 2 atom stereocenters. The highest BCUT2D eigenvalue weighted by Gasteiger charge is 2.43. The molecule has 2 aliphatic rings. The van der Waals surface area contributed by atoms with Crippen LogP contribution in [0.1, 0.15) is 36.8 Å². The number of hydrogen-bond acceptors (Lipinski definition) is 7. The van der Waals surface area contributed by atoms with Crippen LogP contribution in [-0.2, 0) is 27.3 Å². The van der Waals surface area contributed by atoms with E-state index in [2.05, 4.69) is 19.6 Å². The van der Waals surface area contributed by atoms with Crippen LogP contribution < -0.4 is 9.64 Å². The second-order valence-electron chi connectivity index (χ2n) is 8.95. The molecule has 1 saturated carbocycles. The highest BCUT2D eigenvalue weighted by molar-refractivity contribution is 5.72. The van der Waals surface area contributed by atoms with Crippen molar-refractivity contribution in [3.8, 4) is 5.75 Å². The fourth-order valence-electron chi connectivity index (χ4n) is 4.78. The zero-order valence-corrected chi connectivity index (χ0v) is 19.3. The van der Waals surface area contributed by atoms with Crippen LogP contribution in [0, 0.1) is 23.6 Å².